The Morgan fingerprint density at radius 2 is 2.25 bits per heavy atom. The number of benzene rings is 1. The van der Waals surface area contributed by atoms with E-state index in [0.717, 1.165) is 22.3 Å². The van der Waals surface area contributed by atoms with Gasteiger partial charge in [0, 0.05) is 11.6 Å². The van der Waals surface area contributed by atoms with E-state index in [0.29, 0.717) is 0 Å². The van der Waals surface area contributed by atoms with Crippen molar-refractivity contribution < 1.29 is 0 Å². The Labute approximate surface area is 111 Å². The standard InChI is InChI=1S/C11H13ClN2S.ClH/c1-7-4-3-5-8(12)10(7)9-6-13-11(14-9)15-2;/h3-5,9H,6H2,1-2H3,(H,13,14);1H. The molecule has 16 heavy (non-hydrogen) atoms. The summed E-state index contributed by atoms with van der Waals surface area (Å²) >= 11 is 7.83. The summed E-state index contributed by atoms with van der Waals surface area (Å²) in [6.07, 6.45) is 2.02. The molecular formula is C11H14Cl2N2S. The normalized spacial score (nSPS) is 18.7. The van der Waals surface area contributed by atoms with Crippen LogP contribution in [-0.2, 0) is 0 Å². The highest BCUT2D eigenvalue weighted by Crippen LogP contribution is 2.31. The molecule has 0 bridgehead atoms. The Hall–Kier alpha value is -0.380. The third kappa shape index (κ3) is 2.65. The molecule has 0 spiro atoms. The molecule has 1 atom stereocenters. The minimum Gasteiger partial charge on any atom is -0.362 e. The average Bonchev–Trinajstić information content (AvgIpc) is 2.66. The Morgan fingerprint density at radius 3 is 2.81 bits per heavy atom. The Bertz CT molecular complexity index is 387. The van der Waals surface area contributed by atoms with Crippen LogP contribution in [0.3, 0.4) is 0 Å². The molecule has 1 unspecified atom stereocenters. The first-order valence-corrected chi connectivity index (χ1v) is 6.43. The van der Waals surface area contributed by atoms with Gasteiger partial charge in [-0.1, -0.05) is 35.5 Å². The summed E-state index contributed by atoms with van der Waals surface area (Å²) in [4.78, 5) is 4.58. The van der Waals surface area contributed by atoms with E-state index in [1.165, 1.54) is 5.56 Å². The molecule has 0 fully saturated rings. The first-order valence-electron chi connectivity index (χ1n) is 4.83. The van der Waals surface area contributed by atoms with E-state index < -0.39 is 0 Å². The van der Waals surface area contributed by atoms with Crippen molar-refractivity contribution in [3.8, 4) is 0 Å². The number of nitrogens with zero attached hydrogens (tertiary/aromatic N) is 1. The van der Waals surface area contributed by atoms with Gasteiger partial charge in [0.05, 0.1) is 6.04 Å². The third-order valence-electron chi connectivity index (χ3n) is 2.52. The van der Waals surface area contributed by atoms with Crippen molar-refractivity contribution in [1.82, 2.24) is 5.32 Å². The predicted octanol–water partition coefficient (Wildman–Crippen LogP) is 3.43. The molecule has 1 aromatic carbocycles. The lowest BCUT2D eigenvalue weighted by Crippen LogP contribution is -2.16. The maximum atomic E-state index is 6.20. The maximum Gasteiger partial charge on any atom is 0.157 e. The number of hydrogen-bond acceptors (Lipinski definition) is 3. The third-order valence-corrected chi connectivity index (χ3v) is 3.48. The van der Waals surface area contributed by atoms with Crippen LogP contribution in [0.15, 0.2) is 23.2 Å². The van der Waals surface area contributed by atoms with Gasteiger partial charge in [0.2, 0.25) is 0 Å². The molecule has 1 aliphatic rings. The van der Waals surface area contributed by atoms with Crippen molar-refractivity contribution in [3.63, 3.8) is 0 Å². The number of nitrogens with one attached hydrogen (secondary N) is 1. The zero-order valence-electron chi connectivity index (χ0n) is 9.16. The number of rotatable bonds is 1. The first-order chi connectivity index (χ1) is 7.22. The van der Waals surface area contributed by atoms with Crippen LogP contribution in [0.4, 0.5) is 0 Å². The first kappa shape index (κ1) is 13.7. The Kier molecular flexibility index (Phi) is 4.96. The lowest BCUT2D eigenvalue weighted by molar-refractivity contribution is 0.746. The van der Waals surface area contributed by atoms with Crippen LogP contribution >= 0.6 is 35.8 Å². The van der Waals surface area contributed by atoms with Crippen LogP contribution in [0.2, 0.25) is 5.02 Å². The Morgan fingerprint density at radius 1 is 1.50 bits per heavy atom. The number of halogens is 2. The summed E-state index contributed by atoms with van der Waals surface area (Å²) in [5.74, 6) is 0. The zero-order chi connectivity index (χ0) is 10.8. The van der Waals surface area contributed by atoms with E-state index in [1.54, 1.807) is 11.8 Å². The van der Waals surface area contributed by atoms with Gasteiger partial charge in [-0.3, -0.25) is 4.99 Å². The number of thioether (sulfide) groups is 1. The van der Waals surface area contributed by atoms with Gasteiger partial charge in [0.25, 0.3) is 0 Å². The maximum absolute atomic E-state index is 6.20. The molecule has 0 radical (unpaired) electrons. The van der Waals surface area contributed by atoms with Gasteiger partial charge in [-0.05, 0) is 30.4 Å². The fourth-order valence-electron chi connectivity index (χ4n) is 1.78. The second-order valence-corrected chi connectivity index (χ2v) is 4.71. The molecule has 1 aromatic rings. The van der Waals surface area contributed by atoms with E-state index in [2.05, 4.69) is 23.3 Å². The quantitative estimate of drug-likeness (QED) is 0.850. The van der Waals surface area contributed by atoms with Crippen LogP contribution in [0.1, 0.15) is 17.2 Å². The highest BCUT2D eigenvalue weighted by atomic mass is 35.5. The van der Waals surface area contributed by atoms with Crippen molar-refractivity contribution in [2.75, 3.05) is 12.8 Å². The lowest BCUT2D eigenvalue weighted by Gasteiger charge is -2.11. The summed E-state index contributed by atoms with van der Waals surface area (Å²) in [6.45, 7) is 2.93. The van der Waals surface area contributed by atoms with E-state index in [-0.39, 0.29) is 18.4 Å². The summed E-state index contributed by atoms with van der Waals surface area (Å²) in [5, 5.41) is 5.08. The minimum atomic E-state index is 0. The second-order valence-electron chi connectivity index (χ2n) is 3.51. The molecule has 1 N–H and O–H groups in total. The molecule has 1 aliphatic heterocycles. The molecule has 2 rings (SSSR count). The van der Waals surface area contributed by atoms with Crippen LogP contribution in [0, 0.1) is 6.92 Å². The lowest BCUT2D eigenvalue weighted by atomic mass is 10.0. The fourth-order valence-corrected chi connectivity index (χ4v) is 2.58. The van der Waals surface area contributed by atoms with E-state index in [4.69, 9.17) is 11.6 Å². The summed E-state index contributed by atoms with van der Waals surface area (Å²) in [7, 11) is 0. The van der Waals surface area contributed by atoms with E-state index in [1.807, 2.05) is 18.4 Å². The Balaban J connectivity index is 0.00000128. The molecule has 2 nitrogen and oxygen atoms in total. The van der Waals surface area contributed by atoms with Gasteiger partial charge in [-0.15, -0.1) is 12.4 Å². The molecule has 0 amide bonds. The van der Waals surface area contributed by atoms with Crippen LogP contribution in [0.25, 0.3) is 0 Å². The van der Waals surface area contributed by atoms with Gasteiger partial charge in [-0.2, -0.15) is 0 Å². The van der Waals surface area contributed by atoms with Gasteiger partial charge in [-0.25, -0.2) is 0 Å². The summed E-state index contributed by atoms with van der Waals surface area (Å²) in [5.41, 5.74) is 2.36. The van der Waals surface area contributed by atoms with Crippen molar-refractivity contribution in [3.05, 3.63) is 34.3 Å². The fraction of sp³-hybridized carbons (Fsp3) is 0.364. The van der Waals surface area contributed by atoms with E-state index in [9.17, 15) is 0 Å². The van der Waals surface area contributed by atoms with Crippen molar-refractivity contribution >= 4 is 40.9 Å². The van der Waals surface area contributed by atoms with Crippen molar-refractivity contribution in [2.24, 2.45) is 4.99 Å². The van der Waals surface area contributed by atoms with Gasteiger partial charge >= 0.3 is 0 Å². The van der Waals surface area contributed by atoms with Crippen molar-refractivity contribution in [2.45, 2.75) is 13.0 Å². The molecule has 1 heterocycles. The molecule has 0 aliphatic carbocycles. The summed E-state index contributed by atoms with van der Waals surface area (Å²) in [6, 6.07) is 6.15. The van der Waals surface area contributed by atoms with Crippen LogP contribution in [0.5, 0.6) is 0 Å². The predicted molar refractivity (Wildman–Crippen MR) is 75.1 cm³/mol. The largest absolute Gasteiger partial charge is 0.362 e. The van der Waals surface area contributed by atoms with Gasteiger partial charge in [0.15, 0.2) is 5.17 Å². The minimum absolute atomic E-state index is 0. The zero-order valence-corrected chi connectivity index (χ0v) is 11.5. The van der Waals surface area contributed by atoms with Crippen LogP contribution in [-0.4, -0.2) is 18.0 Å². The van der Waals surface area contributed by atoms with Crippen LogP contribution < -0.4 is 5.32 Å². The average molecular weight is 277 g/mol. The number of hydrogen-bond donors (Lipinski definition) is 1. The number of aliphatic imine (C=N–C) groups is 1. The smallest absolute Gasteiger partial charge is 0.157 e. The number of amidine groups is 1. The van der Waals surface area contributed by atoms with Gasteiger partial charge < -0.3 is 5.32 Å². The molecule has 5 heteroatoms. The highest BCUT2D eigenvalue weighted by molar-refractivity contribution is 8.13. The molecule has 0 saturated heterocycles. The summed E-state index contributed by atoms with van der Waals surface area (Å²) < 4.78 is 0. The molecule has 0 aromatic heterocycles. The molecule has 0 saturated carbocycles. The SMILES string of the molecule is CSC1=NC(c2c(C)cccc2Cl)CN1.Cl. The topological polar surface area (TPSA) is 24.4 Å². The van der Waals surface area contributed by atoms with E-state index >= 15 is 0 Å². The second kappa shape index (κ2) is 5.80. The number of aryl methyl sites for hydroxylation is 1. The highest BCUT2D eigenvalue weighted by Gasteiger charge is 2.21. The monoisotopic (exact) mass is 276 g/mol. The van der Waals surface area contributed by atoms with Gasteiger partial charge in [0.1, 0.15) is 0 Å². The molecule has 88 valence electrons. The van der Waals surface area contributed by atoms with Crippen molar-refractivity contribution in [1.29, 1.82) is 0 Å². The molecular weight excluding hydrogens is 263 g/mol.